The van der Waals surface area contributed by atoms with E-state index in [-0.39, 0.29) is 21.2 Å². The van der Waals surface area contributed by atoms with Crippen molar-refractivity contribution >= 4 is 63.3 Å². The Hall–Kier alpha value is -1.62. The lowest BCUT2D eigenvalue weighted by atomic mass is 10.0. The molecule has 2 atom stereocenters. The fourth-order valence-corrected chi connectivity index (χ4v) is 6.02. The SMILES string of the molecule is Cc1ccc(S(=O)(=O)/N=C2C=C/C(=N/S(=O)(=O)c3ccc(C)cc3)C(Br)C/2Br)cc1. The summed E-state index contributed by atoms with van der Waals surface area (Å²) in [5, 5.41) is 0. The summed E-state index contributed by atoms with van der Waals surface area (Å²) in [7, 11) is -7.81. The highest BCUT2D eigenvalue weighted by Crippen LogP contribution is 2.26. The molecule has 3 rings (SSSR count). The predicted octanol–water partition coefficient (Wildman–Crippen LogP) is 4.36. The van der Waals surface area contributed by atoms with E-state index in [1.807, 2.05) is 13.8 Å². The number of hydrogen-bond acceptors (Lipinski definition) is 4. The zero-order chi connectivity index (χ0) is 22.1. The van der Waals surface area contributed by atoms with Crippen molar-refractivity contribution in [2.45, 2.75) is 33.3 Å². The van der Waals surface area contributed by atoms with E-state index in [4.69, 9.17) is 0 Å². The van der Waals surface area contributed by atoms with Gasteiger partial charge in [-0.15, -0.1) is 0 Å². The van der Waals surface area contributed by atoms with Gasteiger partial charge in [-0.05, 0) is 50.3 Å². The van der Waals surface area contributed by atoms with Gasteiger partial charge in [0.2, 0.25) is 0 Å². The van der Waals surface area contributed by atoms with Gasteiger partial charge in [0.25, 0.3) is 20.0 Å². The number of rotatable bonds is 4. The number of hydrogen-bond donors (Lipinski definition) is 0. The number of allylic oxidation sites excluding steroid dienone is 2. The van der Waals surface area contributed by atoms with Crippen molar-refractivity contribution in [2.75, 3.05) is 0 Å². The summed E-state index contributed by atoms with van der Waals surface area (Å²) in [4.78, 5) is -1.01. The molecule has 1 aliphatic carbocycles. The Morgan fingerprint density at radius 1 is 0.633 bits per heavy atom. The summed E-state index contributed by atoms with van der Waals surface area (Å²) in [5.74, 6) is 0. The van der Waals surface area contributed by atoms with Crippen LogP contribution in [0.15, 0.2) is 79.3 Å². The van der Waals surface area contributed by atoms with Gasteiger partial charge in [-0.2, -0.15) is 25.6 Å². The van der Waals surface area contributed by atoms with E-state index in [9.17, 15) is 16.8 Å². The van der Waals surface area contributed by atoms with Crippen LogP contribution in [0.5, 0.6) is 0 Å². The molecule has 10 heteroatoms. The number of nitrogens with zero attached hydrogens (tertiary/aromatic N) is 2. The molecule has 0 saturated heterocycles. The first-order chi connectivity index (χ1) is 14.0. The maximum Gasteiger partial charge on any atom is 0.282 e. The van der Waals surface area contributed by atoms with Gasteiger partial charge >= 0.3 is 0 Å². The minimum Gasteiger partial charge on any atom is -0.199 e. The Kier molecular flexibility index (Phi) is 6.81. The number of benzene rings is 2. The molecule has 0 amide bonds. The molecule has 2 unspecified atom stereocenters. The van der Waals surface area contributed by atoms with E-state index in [0.717, 1.165) is 11.1 Å². The second-order valence-electron chi connectivity index (χ2n) is 6.75. The van der Waals surface area contributed by atoms with E-state index < -0.39 is 29.7 Å². The van der Waals surface area contributed by atoms with Crippen molar-refractivity contribution in [3.63, 3.8) is 0 Å². The molecule has 0 bridgehead atoms. The number of aryl methyl sites for hydroxylation is 2. The Bertz CT molecular complexity index is 1150. The molecule has 0 heterocycles. The summed E-state index contributed by atoms with van der Waals surface area (Å²) in [6.07, 6.45) is 2.90. The molecule has 0 saturated carbocycles. The third-order valence-corrected chi connectivity index (χ3v) is 9.68. The van der Waals surface area contributed by atoms with Crippen LogP contribution < -0.4 is 0 Å². The predicted molar refractivity (Wildman–Crippen MR) is 126 cm³/mol. The largest absolute Gasteiger partial charge is 0.282 e. The molecule has 6 nitrogen and oxygen atoms in total. The first-order valence-electron chi connectivity index (χ1n) is 8.79. The molecular formula is C20H18Br2N2O4S2. The zero-order valence-electron chi connectivity index (χ0n) is 16.0. The molecule has 2 aromatic carbocycles. The summed E-state index contributed by atoms with van der Waals surface area (Å²) in [6.45, 7) is 3.73. The fourth-order valence-electron chi connectivity index (χ4n) is 2.62. The summed E-state index contributed by atoms with van der Waals surface area (Å²) in [5.41, 5.74) is 2.36. The Labute approximate surface area is 193 Å². The summed E-state index contributed by atoms with van der Waals surface area (Å²) in [6, 6.07) is 12.8. The van der Waals surface area contributed by atoms with E-state index in [2.05, 4.69) is 40.7 Å². The average molecular weight is 574 g/mol. The second-order valence-corrected chi connectivity index (χ2v) is 11.9. The highest BCUT2D eigenvalue weighted by molar-refractivity contribution is 9.12. The lowest BCUT2D eigenvalue weighted by molar-refractivity contribution is 0.596. The maximum absolute atomic E-state index is 12.6. The molecule has 0 aliphatic heterocycles. The van der Waals surface area contributed by atoms with Crippen LogP contribution in [0.2, 0.25) is 0 Å². The van der Waals surface area contributed by atoms with Crippen molar-refractivity contribution < 1.29 is 16.8 Å². The molecule has 0 fully saturated rings. The van der Waals surface area contributed by atoms with Gasteiger partial charge in [0.15, 0.2) is 0 Å². The van der Waals surface area contributed by atoms with Crippen molar-refractivity contribution in [1.82, 2.24) is 0 Å². The van der Waals surface area contributed by atoms with E-state index >= 15 is 0 Å². The number of sulfonamides is 2. The summed E-state index contributed by atoms with van der Waals surface area (Å²) < 4.78 is 58.2. The minimum absolute atomic E-state index is 0.0845. The Morgan fingerprint density at radius 3 is 1.23 bits per heavy atom. The van der Waals surface area contributed by atoms with Crippen LogP contribution in [-0.2, 0) is 20.0 Å². The lowest BCUT2D eigenvalue weighted by Gasteiger charge is -2.21. The maximum atomic E-state index is 12.6. The lowest BCUT2D eigenvalue weighted by Crippen LogP contribution is -2.34. The Balaban J connectivity index is 1.94. The highest BCUT2D eigenvalue weighted by atomic mass is 79.9. The van der Waals surface area contributed by atoms with Gasteiger partial charge < -0.3 is 0 Å². The van der Waals surface area contributed by atoms with Crippen LogP contribution in [0.3, 0.4) is 0 Å². The number of alkyl halides is 2. The standard InChI is InChI=1S/C20H18Br2N2O4S2/c1-13-3-7-15(8-4-13)29(25,26)23-17-11-12-18(20(22)19(17)21)24-30(27,28)16-9-5-14(2)6-10-16/h3-12,19-20H,1-2H3/b23-17-,24-18-. The molecule has 30 heavy (non-hydrogen) atoms. The van der Waals surface area contributed by atoms with Gasteiger partial charge in [0, 0.05) is 0 Å². The topological polar surface area (TPSA) is 93.0 Å². The molecule has 1 aliphatic rings. The van der Waals surface area contributed by atoms with Crippen LogP contribution in [0.4, 0.5) is 0 Å². The summed E-state index contributed by atoms with van der Waals surface area (Å²) >= 11 is 6.80. The number of halogens is 2. The third-order valence-electron chi connectivity index (χ3n) is 4.34. The smallest absolute Gasteiger partial charge is 0.199 e. The van der Waals surface area contributed by atoms with E-state index in [0.29, 0.717) is 0 Å². The third kappa shape index (κ3) is 5.16. The molecule has 0 spiro atoms. The van der Waals surface area contributed by atoms with Crippen molar-refractivity contribution in [1.29, 1.82) is 0 Å². The molecular weight excluding hydrogens is 556 g/mol. The zero-order valence-corrected chi connectivity index (χ0v) is 20.8. The van der Waals surface area contributed by atoms with Crippen molar-refractivity contribution in [3.8, 4) is 0 Å². The molecule has 0 radical (unpaired) electrons. The monoisotopic (exact) mass is 572 g/mol. The second kappa shape index (κ2) is 8.86. The van der Waals surface area contributed by atoms with Gasteiger partial charge in [0.05, 0.1) is 30.9 Å². The molecule has 2 aromatic rings. The molecule has 0 N–H and O–H groups in total. The van der Waals surface area contributed by atoms with Gasteiger partial charge in [0.1, 0.15) is 0 Å². The van der Waals surface area contributed by atoms with Gasteiger partial charge in [-0.1, -0.05) is 67.3 Å². The van der Waals surface area contributed by atoms with E-state index in [1.165, 1.54) is 36.4 Å². The van der Waals surface area contributed by atoms with Crippen LogP contribution in [0, 0.1) is 13.8 Å². The minimum atomic E-state index is -3.90. The van der Waals surface area contributed by atoms with Crippen LogP contribution in [-0.4, -0.2) is 37.9 Å². The van der Waals surface area contributed by atoms with Gasteiger partial charge in [-0.3, -0.25) is 0 Å². The van der Waals surface area contributed by atoms with Crippen LogP contribution in [0.25, 0.3) is 0 Å². The first kappa shape index (κ1) is 23.1. The Morgan fingerprint density at radius 2 is 0.933 bits per heavy atom. The van der Waals surface area contributed by atoms with Crippen molar-refractivity contribution in [3.05, 3.63) is 71.8 Å². The van der Waals surface area contributed by atoms with Crippen LogP contribution in [0.1, 0.15) is 11.1 Å². The molecule has 0 aromatic heterocycles. The normalized spacial score (nSPS) is 22.5. The van der Waals surface area contributed by atoms with E-state index in [1.54, 1.807) is 24.3 Å². The highest BCUT2D eigenvalue weighted by Gasteiger charge is 2.31. The fraction of sp³-hybridized carbons (Fsp3) is 0.200. The average Bonchev–Trinajstić information content (AvgIpc) is 2.68. The van der Waals surface area contributed by atoms with Gasteiger partial charge in [-0.25, -0.2) is 0 Å². The quantitative estimate of drug-likeness (QED) is 0.508. The molecule has 158 valence electrons. The first-order valence-corrected chi connectivity index (χ1v) is 13.5. The van der Waals surface area contributed by atoms with Crippen LogP contribution >= 0.6 is 31.9 Å². The van der Waals surface area contributed by atoms with Crippen molar-refractivity contribution in [2.24, 2.45) is 8.80 Å².